The van der Waals surface area contributed by atoms with Crippen molar-refractivity contribution in [3.8, 4) is 5.75 Å². The molecule has 114 valence electrons. The fourth-order valence-corrected chi connectivity index (χ4v) is 2.64. The Kier molecular flexibility index (Phi) is 4.57. The molecule has 2 rings (SSSR count). The van der Waals surface area contributed by atoms with Crippen LogP contribution < -0.4 is 4.74 Å². The summed E-state index contributed by atoms with van der Waals surface area (Å²) in [6.07, 6.45) is 2.37. The van der Waals surface area contributed by atoms with E-state index in [1.165, 1.54) is 7.11 Å². The molecule has 4 nitrogen and oxygen atoms in total. The third kappa shape index (κ3) is 3.05. The summed E-state index contributed by atoms with van der Waals surface area (Å²) in [7, 11) is 1.27. The second-order valence-corrected chi connectivity index (χ2v) is 5.00. The summed E-state index contributed by atoms with van der Waals surface area (Å²) in [5.74, 6) is -4.62. The molecule has 0 saturated carbocycles. The average Bonchev–Trinajstić information content (AvgIpc) is 2.46. The summed E-state index contributed by atoms with van der Waals surface area (Å²) in [6, 6.07) is 1.94. The molecule has 2 N–H and O–H groups in total. The topological polar surface area (TPSA) is 66.8 Å². The van der Waals surface area contributed by atoms with Gasteiger partial charge in [0.25, 0.3) is 0 Å². The average molecular weight is 298 g/mol. The fraction of sp³-hybridized carbons (Fsp3) is 0.400. The van der Waals surface area contributed by atoms with Crippen molar-refractivity contribution in [2.45, 2.75) is 18.9 Å². The van der Waals surface area contributed by atoms with Gasteiger partial charge >= 0.3 is 5.97 Å². The smallest absolute Gasteiger partial charge is 0.307 e. The van der Waals surface area contributed by atoms with Crippen molar-refractivity contribution in [2.24, 2.45) is 11.8 Å². The molecule has 0 aliphatic heterocycles. The molecule has 0 spiro atoms. The number of hydrogen-bond acceptors (Lipinski definition) is 3. The maximum Gasteiger partial charge on any atom is 0.307 e. The second kappa shape index (κ2) is 6.22. The van der Waals surface area contributed by atoms with E-state index in [-0.39, 0.29) is 18.6 Å². The van der Waals surface area contributed by atoms with Gasteiger partial charge in [0.1, 0.15) is 17.4 Å². The van der Waals surface area contributed by atoms with E-state index in [0.29, 0.717) is 0 Å². The van der Waals surface area contributed by atoms with Crippen LogP contribution in [0.15, 0.2) is 24.3 Å². The lowest BCUT2D eigenvalue weighted by Gasteiger charge is -2.30. The Hall–Kier alpha value is -1.95. The number of carboxylic acid groups (broad SMARTS) is 1. The molecule has 0 heterocycles. The lowest BCUT2D eigenvalue weighted by Crippen LogP contribution is -2.30. The first-order chi connectivity index (χ1) is 9.95. The van der Waals surface area contributed by atoms with Gasteiger partial charge in [-0.15, -0.1) is 0 Å². The number of allylic oxidation sites excluding steroid dienone is 2. The van der Waals surface area contributed by atoms with Crippen LogP contribution in [0.2, 0.25) is 0 Å². The summed E-state index contributed by atoms with van der Waals surface area (Å²) in [6.45, 7) is 0. The van der Waals surface area contributed by atoms with E-state index in [4.69, 9.17) is 4.74 Å². The van der Waals surface area contributed by atoms with Crippen molar-refractivity contribution in [3.05, 3.63) is 41.5 Å². The summed E-state index contributed by atoms with van der Waals surface area (Å²) < 4.78 is 32.7. The first-order valence-corrected chi connectivity index (χ1v) is 6.54. The molecule has 1 aromatic rings. The van der Waals surface area contributed by atoms with Crippen LogP contribution in [-0.2, 0) is 4.79 Å². The Balaban J connectivity index is 2.37. The highest BCUT2D eigenvalue weighted by atomic mass is 19.1. The molecule has 21 heavy (non-hydrogen) atoms. The molecule has 1 aliphatic carbocycles. The molecule has 0 amide bonds. The highest BCUT2D eigenvalue weighted by Crippen LogP contribution is 2.38. The minimum atomic E-state index is -1.53. The summed E-state index contributed by atoms with van der Waals surface area (Å²) >= 11 is 0. The normalized spacial score (nSPS) is 22.9. The highest BCUT2D eigenvalue weighted by Gasteiger charge is 2.37. The van der Waals surface area contributed by atoms with Crippen LogP contribution in [0.25, 0.3) is 0 Å². The molecular weight excluding hydrogens is 282 g/mol. The van der Waals surface area contributed by atoms with Crippen molar-refractivity contribution in [2.75, 3.05) is 7.11 Å². The molecular formula is C15H16F2O4. The zero-order valence-corrected chi connectivity index (χ0v) is 11.4. The minimum absolute atomic E-state index is 0.000672. The number of ether oxygens (including phenoxy) is 1. The third-order valence-corrected chi connectivity index (χ3v) is 3.79. The molecule has 0 fully saturated rings. The molecule has 3 atom stereocenters. The molecule has 0 aromatic heterocycles. The van der Waals surface area contributed by atoms with Crippen molar-refractivity contribution < 1.29 is 28.5 Å². The van der Waals surface area contributed by atoms with Crippen molar-refractivity contribution in [1.29, 1.82) is 0 Å². The Morgan fingerprint density at radius 2 is 1.86 bits per heavy atom. The number of carboxylic acids is 1. The van der Waals surface area contributed by atoms with Gasteiger partial charge in [0.2, 0.25) is 0 Å². The predicted octanol–water partition coefficient (Wildman–Crippen LogP) is 2.67. The molecule has 0 bridgehead atoms. The number of methoxy groups -OCH3 is 1. The maximum absolute atomic E-state index is 14.0. The van der Waals surface area contributed by atoms with Crippen molar-refractivity contribution >= 4 is 5.97 Å². The predicted molar refractivity (Wildman–Crippen MR) is 70.9 cm³/mol. The van der Waals surface area contributed by atoms with Gasteiger partial charge in [-0.2, -0.15) is 0 Å². The number of hydrogen-bond donors (Lipinski definition) is 2. The second-order valence-electron chi connectivity index (χ2n) is 5.00. The van der Waals surface area contributed by atoms with Gasteiger partial charge < -0.3 is 14.9 Å². The zero-order chi connectivity index (χ0) is 15.6. The highest BCUT2D eigenvalue weighted by molar-refractivity contribution is 5.71. The van der Waals surface area contributed by atoms with E-state index in [2.05, 4.69) is 0 Å². The quantitative estimate of drug-likeness (QED) is 0.839. The molecule has 3 unspecified atom stereocenters. The first kappa shape index (κ1) is 15.4. The fourth-order valence-electron chi connectivity index (χ4n) is 2.64. The Labute approximate surface area is 120 Å². The molecule has 1 aromatic carbocycles. The summed E-state index contributed by atoms with van der Waals surface area (Å²) in [4.78, 5) is 11.2. The van der Waals surface area contributed by atoms with Gasteiger partial charge in [0.15, 0.2) is 0 Å². The standard InChI is InChI=1S/C15H16F2O4/c1-21-8-6-11(16)13(12(17)7-8)14(18)9-4-2-3-5-10(9)15(19)20/h2-3,6-7,9-10,14,18H,4-5H2,1H3,(H,19,20). The first-order valence-electron chi connectivity index (χ1n) is 6.54. The molecule has 6 heteroatoms. The largest absolute Gasteiger partial charge is 0.497 e. The van der Waals surface area contributed by atoms with Crippen LogP contribution in [-0.4, -0.2) is 23.3 Å². The zero-order valence-electron chi connectivity index (χ0n) is 11.4. The van der Waals surface area contributed by atoms with Gasteiger partial charge in [-0.1, -0.05) is 12.2 Å². The van der Waals surface area contributed by atoms with Crippen molar-refractivity contribution in [3.63, 3.8) is 0 Å². The number of aliphatic hydroxyl groups excluding tert-OH is 1. The monoisotopic (exact) mass is 298 g/mol. The Morgan fingerprint density at radius 3 is 2.38 bits per heavy atom. The van der Waals surface area contributed by atoms with Crippen LogP contribution in [0.1, 0.15) is 24.5 Å². The van der Waals surface area contributed by atoms with Crippen molar-refractivity contribution in [1.82, 2.24) is 0 Å². The number of carbonyl (C=O) groups is 1. The van der Waals surface area contributed by atoms with Gasteiger partial charge in [0.05, 0.1) is 24.7 Å². The lowest BCUT2D eigenvalue weighted by atomic mass is 9.77. The van der Waals surface area contributed by atoms with Crippen LogP contribution in [0, 0.1) is 23.5 Å². The minimum Gasteiger partial charge on any atom is -0.497 e. The summed E-state index contributed by atoms with van der Waals surface area (Å²) in [5.41, 5.74) is -0.512. The van der Waals surface area contributed by atoms with Crippen LogP contribution in [0.5, 0.6) is 5.75 Å². The number of aliphatic carboxylic acids is 1. The van der Waals surface area contributed by atoms with E-state index in [0.717, 1.165) is 12.1 Å². The molecule has 1 aliphatic rings. The number of rotatable bonds is 4. The van der Waals surface area contributed by atoms with E-state index in [1.807, 2.05) is 0 Å². The van der Waals surface area contributed by atoms with Gasteiger partial charge in [-0.25, -0.2) is 8.78 Å². The van der Waals surface area contributed by atoms with E-state index < -0.39 is 41.1 Å². The van der Waals surface area contributed by atoms with E-state index in [1.54, 1.807) is 12.2 Å². The molecule has 0 radical (unpaired) electrons. The third-order valence-electron chi connectivity index (χ3n) is 3.79. The molecule has 0 saturated heterocycles. The lowest BCUT2D eigenvalue weighted by molar-refractivity contribution is -0.145. The number of benzene rings is 1. The van der Waals surface area contributed by atoms with Gasteiger partial charge in [-0.05, 0) is 12.8 Å². The maximum atomic E-state index is 14.0. The van der Waals surface area contributed by atoms with E-state index >= 15 is 0 Å². The summed E-state index contributed by atoms with van der Waals surface area (Å²) in [5, 5.41) is 19.4. The van der Waals surface area contributed by atoms with Crippen LogP contribution >= 0.6 is 0 Å². The van der Waals surface area contributed by atoms with Crippen LogP contribution in [0.3, 0.4) is 0 Å². The van der Waals surface area contributed by atoms with E-state index in [9.17, 15) is 23.8 Å². The van der Waals surface area contributed by atoms with Gasteiger partial charge in [-0.3, -0.25) is 4.79 Å². The Bertz CT molecular complexity index is 548. The van der Waals surface area contributed by atoms with Gasteiger partial charge in [0, 0.05) is 18.1 Å². The number of halogens is 2. The SMILES string of the molecule is COc1cc(F)c(C(O)C2CC=CCC2C(=O)O)c(F)c1. The van der Waals surface area contributed by atoms with Crippen LogP contribution in [0.4, 0.5) is 8.78 Å². The number of aliphatic hydroxyl groups is 1. The Morgan fingerprint density at radius 1 is 1.29 bits per heavy atom.